The Bertz CT molecular complexity index is 1320. The average molecular weight is 476 g/mol. The molecule has 8 heteroatoms. The number of morpholine rings is 1. The molecule has 0 unspecified atom stereocenters. The average Bonchev–Trinajstić information content (AvgIpc) is 3.22. The zero-order valence-corrected chi connectivity index (χ0v) is 19.7. The summed E-state index contributed by atoms with van der Waals surface area (Å²) >= 11 is 6.68. The SMILES string of the molecule is O=C1NC2(CCC2)Cc2[nH]c3c(c21)CCc1cnc(-c2ccc(N4CCOCC4)c(Cl)c2)nc1-3. The highest BCUT2D eigenvalue weighted by Gasteiger charge is 2.45. The normalized spacial score (nSPS) is 20.3. The van der Waals surface area contributed by atoms with E-state index in [0.717, 1.165) is 90.2 Å². The predicted molar refractivity (Wildman–Crippen MR) is 130 cm³/mol. The van der Waals surface area contributed by atoms with Gasteiger partial charge in [-0.25, -0.2) is 9.97 Å². The van der Waals surface area contributed by atoms with Crippen LogP contribution in [0.25, 0.3) is 22.8 Å². The summed E-state index contributed by atoms with van der Waals surface area (Å²) in [7, 11) is 0. The Balaban J connectivity index is 1.26. The number of benzene rings is 1. The van der Waals surface area contributed by atoms with Crippen molar-refractivity contribution in [3.63, 3.8) is 0 Å². The van der Waals surface area contributed by atoms with Crippen LogP contribution < -0.4 is 10.2 Å². The summed E-state index contributed by atoms with van der Waals surface area (Å²) in [6, 6.07) is 6.04. The molecule has 1 saturated carbocycles. The van der Waals surface area contributed by atoms with Crippen molar-refractivity contribution in [2.24, 2.45) is 0 Å². The van der Waals surface area contributed by atoms with E-state index in [1.807, 2.05) is 24.4 Å². The third-order valence-corrected chi connectivity index (χ3v) is 8.22. The van der Waals surface area contributed by atoms with E-state index in [4.69, 9.17) is 21.3 Å². The van der Waals surface area contributed by atoms with Gasteiger partial charge < -0.3 is 19.9 Å². The molecule has 0 atom stereocenters. The molecule has 4 heterocycles. The first-order chi connectivity index (χ1) is 16.6. The summed E-state index contributed by atoms with van der Waals surface area (Å²) in [4.78, 5) is 28.5. The lowest BCUT2D eigenvalue weighted by Crippen LogP contribution is -2.57. The van der Waals surface area contributed by atoms with Crippen LogP contribution in [0.4, 0.5) is 5.69 Å². The molecule has 2 aliphatic heterocycles. The summed E-state index contributed by atoms with van der Waals surface area (Å²) in [5.74, 6) is 0.719. The van der Waals surface area contributed by atoms with E-state index in [0.29, 0.717) is 24.1 Å². The monoisotopic (exact) mass is 475 g/mol. The zero-order chi connectivity index (χ0) is 22.9. The second kappa shape index (κ2) is 7.55. The quantitative estimate of drug-likeness (QED) is 0.586. The molecule has 1 saturated heterocycles. The first-order valence-electron chi connectivity index (χ1n) is 12.2. The van der Waals surface area contributed by atoms with Crippen LogP contribution in [0, 0.1) is 0 Å². The number of ether oxygens (including phenoxy) is 1. The maximum Gasteiger partial charge on any atom is 0.253 e. The number of aromatic nitrogens is 3. The van der Waals surface area contributed by atoms with Crippen molar-refractivity contribution >= 4 is 23.2 Å². The summed E-state index contributed by atoms with van der Waals surface area (Å²) in [6.45, 7) is 3.11. The third kappa shape index (κ3) is 3.10. The fraction of sp³-hybridized carbons (Fsp3) is 0.423. The molecule has 2 fully saturated rings. The van der Waals surface area contributed by atoms with Crippen LogP contribution in [0.3, 0.4) is 0 Å². The van der Waals surface area contributed by atoms with Crippen LogP contribution in [-0.4, -0.2) is 52.7 Å². The number of aryl methyl sites for hydroxylation is 1. The predicted octanol–water partition coefficient (Wildman–Crippen LogP) is 3.94. The van der Waals surface area contributed by atoms with Crippen LogP contribution in [0.15, 0.2) is 24.4 Å². The van der Waals surface area contributed by atoms with Gasteiger partial charge in [-0.1, -0.05) is 11.6 Å². The number of carbonyl (C=O) groups is 1. The van der Waals surface area contributed by atoms with E-state index >= 15 is 0 Å². The lowest BCUT2D eigenvalue weighted by atomic mass is 9.71. The zero-order valence-electron chi connectivity index (χ0n) is 18.9. The summed E-state index contributed by atoms with van der Waals surface area (Å²) in [5, 5.41) is 4.00. The highest BCUT2D eigenvalue weighted by molar-refractivity contribution is 6.33. The molecule has 0 bridgehead atoms. The van der Waals surface area contributed by atoms with Gasteiger partial charge in [0.15, 0.2) is 5.82 Å². The molecule has 2 aromatic heterocycles. The molecule has 34 heavy (non-hydrogen) atoms. The van der Waals surface area contributed by atoms with Crippen LogP contribution >= 0.6 is 11.6 Å². The van der Waals surface area contributed by atoms with Gasteiger partial charge in [0.1, 0.15) is 0 Å². The van der Waals surface area contributed by atoms with E-state index in [1.165, 1.54) is 6.42 Å². The number of amides is 1. The Labute approximate surface area is 202 Å². The Morgan fingerprint density at radius 2 is 2.00 bits per heavy atom. The van der Waals surface area contributed by atoms with Crippen molar-refractivity contribution in [2.45, 2.75) is 44.1 Å². The minimum atomic E-state index is -0.0455. The molecule has 4 aliphatic rings. The number of halogens is 1. The van der Waals surface area contributed by atoms with E-state index in [1.54, 1.807) is 0 Å². The Morgan fingerprint density at radius 3 is 2.76 bits per heavy atom. The van der Waals surface area contributed by atoms with E-state index in [9.17, 15) is 4.79 Å². The van der Waals surface area contributed by atoms with Gasteiger partial charge in [-0.3, -0.25) is 4.79 Å². The number of nitrogens with one attached hydrogen (secondary N) is 2. The topological polar surface area (TPSA) is 83.1 Å². The Kier molecular flexibility index (Phi) is 4.55. The van der Waals surface area contributed by atoms with Crippen LogP contribution in [0.5, 0.6) is 0 Å². The van der Waals surface area contributed by atoms with Gasteiger partial charge in [0, 0.05) is 42.5 Å². The Hall–Kier alpha value is -2.90. The number of hydrogen-bond donors (Lipinski definition) is 2. The Morgan fingerprint density at radius 1 is 1.15 bits per heavy atom. The van der Waals surface area contributed by atoms with Gasteiger partial charge in [-0.2, -0.15) is 0 Å². The molecule has 1 aromatic carbocycles. The van der Waals surface area contributed by atoms with Crippen molar-refractivity contribution in [3.8, 4) is 22.8 Å². The van der Waals surface area contributed by atoms with Gasteiger partial charge in [0.2, 0.25) is 0 Å². The lowest BCUT2D eigenvalue weighted by Gasteiger charge is -2.45. The molecule has 1 amide bonds. The standard InChI is InChI=1S/C26H26ClN5O2/c27-18-12-15(3-5-20(18)32-8-10-34-11-9-32)24-28-14-16-2-4-17-21-19(29-23(17)22(16)30-24)13-26(6-1-7-26)31-25(21)33/h3,5,12,14,29H,1-2,4,6-11,13H2,(H,31,33). The third-order valence-electron chi connectivity index (χ3n) is 7.92. The van der Waals surface area contributed by atoms with Gasteiger partial charge in [-0.15, -0.1) is 0 Å². The van der Waals surface area contributed by atoms with E-state index in [2.05, 4.69) is 20.2 Å². The van der Waals surface area contributed by atoms with Crippen molar-refractivity contribution in [1.29, 1.82) is 0 Å². The molecule has 174 valence electrons. The first kappa shape index (κ1) is 20.5. The molecular formula is C26H26ClN5O2. The van der Waals surface area contributed by atoms with E-state index in [-0.39, 0.29) is 11.4 Å². The van der Waals surface area contributed by atoms with Crippen molar-refractivity contribution in [1.82, 2.24) is 20.3 Å². The number of aromatic amines is 1. The fourth-order valence-electron chi connectivity index (χ4n) is 5.96. The summed E-state index contributed by atoms with van der Waals surface area (Å²) in [6.07, 6.45) is 7.78. The molecular weight excluding hydrogens is 450 g/mol. The number of rotatable bonds is 2. The fourth-order valence-corrected chi connectivity index (χ4v) is 6.26. The summed E-state index contributed by atoms with van der Waals surface area (Å²) in [5.41, 5.74) is 7.87. The maximum atomic E-state index is 13.0. The molecule has 7 nitrogen and oxygen atoms in total. The first-order valence-corrected chi connectivity index (χ1v) is 12.5. The minimum Gasteiger partial charge on any atom is -0.378 e. The van der Waals surface area contributed by atoms with Crippen molar-refractivity contribution < 1.29 is 9.53 Å². The number of nitrogens with zero attached hydrogens (tertiary/aromatic N) is 3. The second-order valence-electron chi connectivity index (χ2n) is 9.93. The van der Waals surface area contributed by atoms with Gasteiger partial charge in [0.05, 0.1) is 40.9 Å². The molecule has 2 N–H and O–H groups in total. The lowest BCUT2D eigenvalue weighted by molar-refractivity contribution is 0.0793. The molecule has 1 spiro atoms. The number of carbonyl (C=O) groups excluding carboxylic acids is 1. The largest absolute Gasteiger partial charge is 0.378 e. The number of H-pyrrole nitrogens is 1. The maximum absolute atomic E-state index is 13.0. The number of anilines is 1. The van der Waals surface area contributed by atoms with Gasteiger partial charge in [-0.05, 0) is 61.4 Å². The molecule has 7 rings (SSSR count). The second-order valence-corrected chi connectivity index (χ2v) is 10.3. The van der Waals surface area contributed by atoms with Gasteiger partial charge >= 0.3 is 0 Å². The van der Waals surface area contributed by atoms with E-state index < -0.39 is 0 Å². The van der Waals surface area contributed by atoms with Crippen molar-refractivity contribution in [3.05, 3.63) is 51.8 Å². The molecule has 2 aliphatic carbocycles. The smallest absolute Gasteiger partial charge is 0.253 e. The van der Waals surface area contributed by atoms with Crippen LogP contribution in [0.1, 0.15) is 46.4 Å². The van der Waals surface area contributed by atoms with Crippen LogP contribution in [-0.2, 0) is 24.0 Å². The number of hydrogen-bond acceptors (Lipinski definition) is 5. The van der Waals surface area contributed by atoms with Crippen LogP contribution in [0.2, 0.25) is 5.02 Å². The minimum absolute atomic E-state index is 0.0455. The van der Waals surface area contributed by atoms with Crippen molar-refractivity contribution in [2.75, 3.05) is 31.2 Å². The highest BCUT2D eigenvalue weighted by atomic mass is 35.5. The molecule has 3 aromatic rings. The van der Waals surface area contributed by atoms with Gasteiger partial charge in [0.25, 0.3) is 5.91 Å². The highest BCUT2D eigenvalue weighted by Crippen LogP contribution is 2.43. The number of fused-ring (bicyclic) bond motifs is 5. The molecule has 0 radical (unpaired) electrons. The summed E-state index contributed by atoms with van der Waals surface area (Å²) < 4.78 is 5.46.